The molecule has 0 heterocycles. The van der Waals surface area contributed by atoms with Gasteiger partial charge in [-0.3, -0.25) is 14.5 Å². The quantitative estimate of drug-likeness (QED) is 0.181. The Kier molecular flexibility index (Phi) is 8.69. The van der Waals surface area contributed by atoms with E-state index in [4.69, 9.17) is 44.3 Å². The van der Waals surface area contributed by atoms with Crippen molar-refractivity contribution in [1.82, 2.24) is 0 Å². The number of carbonyl (C=O) groups excluding carboxylic acids is 2. The van der Waals surface area contributed by atoms with E-state index in [2.05, 4.69) is 0 Å². The lowest BCUT2D eigenvalue weighted by atomic mass is 10.0. The average Bonchev–Trinajstić information content (AvgIpc) is 2.91. The molecule has 0 aliphatic rings. The number of ether oxygens (including phenoxy) is 2. The molecule has 9 nitrogen and oxygen atoms in total. The van der Waals surface area contributed by atoms with Crippen LogP contribution in [0.5, 0.6) is 28.7 Å². The highest BCUT2D eigenvalue weighted by molar-refractivity contribution is 6.37. The van der Waals surface area contributed by atoms with Crippen molar-refractivity contribution in [3.05, 3.63) is 105 Å². The van der Waals surface area contributed by atoms with Crippen LogP contribution in [0.25, 0.3) is 0 Å². The van der Waals surface area contributed by atoms with E-state index >= 15 is 0 Å². The molecule has 3 N–H and O–H groups in total. The zero-order valence-corrected chi connectivity index (χ0v) is 22.4. The number of phenolic OH excluding ortho intramolecular Hbond substituents is 2. The minimum atomic E-state index is -1.34. The van der Waals surface area contributed by atoms with Crippen LogP contribution in [0.3, 0.4) is 0 Å². The van der Waals surface area contributed by atoms with Crippen LogP contribution in [0.1, 0.15) is 15.9 Å². The predicted molar refractivity (Wildman–Crippen MR) is 149 cm³/mol. The van der Waals surface area contributed by atoms with Gasteiger partial charge in [0.2, 0.25) is 0 Å². The van der Waals surface area contributed by atoms with E-state index < -0.39 is 24.4 Å². The van der Waals surface area contributed by atoms with Crippen LogP contribution in [-0.2, 0) is 4.79 Å². The fourth-order valence-corrected chi connectivity index (χ4v) is 4.27. The van der Waals surface area contributed by atoms with Crippen LogP contribution in [0, 0.1) is 0 Å². The number of anilines is 1. The molecule has 0 saturated heterocycles. The van der Waals surface area contributed by atoms with Gasteiger partial charge in [-0.05, 0) is 66.7 Å². The molecule has 4 rings (SSSR count). The molecule has 40 heavy (non-hydrogen) atoms. The van der Waals surface area contributed by atoms with Gasteiger partial charge in [0.15, 0.2) is 11.5 Å². The highest BCUT2D eigenvalue weighted by Crippen LogP contribution is 2.41. The van der Waals surface area contributed by atoms with E-state index in [9.17, 15) is 29.7 Å². The molecule has 0 spiro atoms. The van der Waals surface area contributed by atoms with Crippen molar-refractivity contribution in [3.8, 4) is 28.7 Å². The fraction of sp³-hybridized carbons (Fsp3) is 0.0357. The Morgan fingerprint density at radius 2 is 1.45 bits per heavy atom. The van der Waals surface area contributed by atoms with E-state index in [0.29, 0.717) is 5.02 Å². The lowest BCUT2D eigenvalue weighted by molar-refractivity contribution is -0.135. The molecule has 0 bridgehead atoms. The van der Waals surface area contributed by atoms with E-state index in [0.717, 1.165) is 4.90 Å². The Morgan fingerprint density at radius 1 is 0.800 bits per heavy atom. The molecule has 0 saturated carbocycles. The van der Waals surface area contributed by atoms with Gasteiger partial charge in [-0.25, -0.2) is 4.79 Å². The number of halogens is 3. The lowest BCUT2D eigenvalue weighted by Gasteiger charge is -2.22. The van der Waals surface area contributed by atoms with Gasteiger partial charge in [0.25, 0.3) is 0 Å². The molecule has 12 heteroatoms. The summed E-state index contributed by atoms with van der Waals surface area (Å²) in [6.45, 7) is -0.781. The molecule has 4 aromatic rings. The molecule has 1 amide bonds. The first-order valence-electron chi connectivity index (χ1n) is 11.3. The largest absolute Gasteiger partial charge is 0.508 e. The number of aromatic hydroxyl groups is 2. The van der Waals surface area contributed by atoms with Gasteiger partial charge in [0.1, 0.15) is 29.5 Å². The van der Waals surface area contributed by atoms with Gasteiger partial charge in [-0.15, -0.1) is 0 Å². The summed E-state index contributed by atoms with van der Waals surface area (Å²) in [5.74, 6) is -2.07. The third-order valence-corrected chi connectivity index (χ3v) is 6.17. The van der Waals surface area contributed by atoms with Gasteiger partial charge in [0, 0.05) is 10.6 Å². The first-order valence-corrected chi connectivity index (χ1v) is 12.5. The summed E-state index contributed by atoms with van der Waals surface area (Å²) in [5.41, 5.74) is 0.183. The number of nitrogens with zero attached hydrogens (tertiary/aromatic N) is 1. The van der Waals surface area contributed by atoms with Gasteiger partial charge in [-0.1, -0.05) is 46.9 Å². The van der Waals surface area contributed by atoms with E-state index in [-0.39, 0.29) is 55.6 Å². The van der Waals surface area contributed by atoms with Crippen molar-refractivity contribution >= 4 is 58.3 Å². The highest BCUT2D eigenvalue weighted by Gasteiger charge is 2.24. The molecule has 0 aliphatic carbocycles. The Morgan fingerprint density at radius 3 is 2.08 bits per heavy atom. The number of amides is 1. The molecular formula is C28H18Cl3NO8. The van der Waals surface area contributed by atoms with E-state index in [1.54, 1.807) is 18.2 Å². The zero-order chi connectivity index (χ0) is 29.0. The first kappa shape index (κ1) is 28.6. The number of carboxylic acid groups (broad SMARTS) is 1. The SMILES string of the molecule is O=C(O)CN(C(=O)Oc1ccc(O)cc1)c1cc(Cl)c(Oc2ccc(O)c(C(=O)c3cccc(Cl)c3)c2)c(Cl)c1. The molecule has 4 aromatic carbocycles. The predicted octanol–water partition coefficient (Wildman–Crippen LogP) is 7.17. The molecule has 204 valence electrons. The third-order valence-electron chi connectivity index (χ3n) is 5.37. The van der Waals surface area contributed by atoms with Crippen LogP contribution in [0.15, 0.2) is 78.9 Å². The van der Waals surface area contributed by atoms with Crippen molar-refractivity contribution < 1.29 is 39.2 Å². The molecule has 0 radical (unpaired) electrons. The van der Waals surface area contributed by atoms with Crippen molar-refractivity contribution in [3.63, 3.8) is 0 Å². The summed E-state index contributed by atoms with van der Waals surface area (Å²) < 4.78 is 11.0. The summed E-state index contributed by atoms with van der Waals surface area (Å²) in [6, 6.07) is 17.9. The Labute approximate surface area is 242 Å². The van der Waals surface area contributed by atoms with Crippen molar-refractivity contribution in [1.29, 1.82) is 0 Å². The molecular weight excluding hydrogens is 585 g/mol. The number of ketones is 1. The summed E-state index contributed by atoms with van der Waals surface area (Å²) in [6.07, 6.45) is -1.04. The van der Waals surface area contributed by atoms with Crippen molar-refractivity contribution in [2.24, 2.45) is 0 Å². The molecule has 0 aliphatic heterocycles. The number of rotatable bonds is 8. The zero-order valence-electron chi connectivity index (χ0n) is 20.2. The summed E-state index contributed by atoms with van der Waals surface area (Å²) >= 11 is 18.8. The number of carbonyl (C=O) groups is 3. The molecule has 0 fully saturated rings. The van der Waals surface area contributed by atoms with Crippen LogP contribution < -0.4 is 14.4 Å². The van der Waals surface area contributed by atoms with E-state index in [1.165, 1.54) is 60.7 Å². The molecule has 0 aromatic heterocycles. The fourth-order valence-electron chi connectivity index (χ4n) is 3.53. The minimum Gasteiger partial charge on any atom is -0.508 e. The smallest absolute Gasteiger partial charge is 0.420 e. The maximum Gasteiger partial charge on any atom is 0.420 e. The number of benzene rings is 4. The topological polar surface area (TPSA) is 134 Å². The Bertz CT molecular complexity index is 1580. The Balaban J connectivity index is 1.61. The molecule has 0 atom stereocenters. The Hall–Kier alpha value is -4.44. The average molecular weight is 603 g/mol. The second-order valence-corrected chi connectivity index (χ2v) is 9.45. The molecule has 0 unspecified atom stereocenters. The van der Waals surface area contributed by atoms with Gasteiger partial charge >= 0.3 is 12.1 Å². The van der Waals surface area contributed by atoms with Gasteiger partial charge in [0.05, 0.1) is 21.3 Å². The number of hydrogen-bond acceptors (Lipinski definition) is 7. The second kappa shape index (κ2) is 12.2. The monoisotopic (exact) mass is 601 g/mol. The number of carboxylic acids is 1. The second-order valence-electron chi connectivity index (χ2n) is 8.20. The summed E-state index contributed by atoms with van der Waals surface area (Å²) in [7, 11) is 0. The summed E-state index contributed by atoms with van der Waals surface area (Å²) in [4.78, 5) is 38.0. The van der Waals surface area contributed by atoms with Crippen molar-refractivity contribution in [2.75, 3.05) is 11.4 Å². The lowest BCUT2D eigenvalue weighted by Crippen LogP contribution is -2.37. The number of aliphatic carboxylic acids is 1. The van der Waals surface area contributed by atoms with Crippen LogP contribution in [0.2, 0.25) is 15.1 Å². The van der Waals surface area contributed by atoms with E-state index in [1.807, 2.05) is 0 Å². The van der Waals surface area contributed by atoms with Gasteiger partial charge < -0.3 is 24.8 Å². The minimum absolute atomic E-state index is 0.00365. The van der Waals surface area contributed by atoms with Crippen LogP contribution >= 0.6 is 34.8 Å². The number of phenols is 2. The maximum atomic E-state index is 12.9. The summed E-state index contributed by atoms with van der Waals surface area (Å²) in [5, 5.41) is 29.2. The van der Waals surface area contributed by atoms with Gasteiger partial charge in [-0.2, -0.15) is 0 Å². The third kappa shape index (κ3) is 6.76. The maximum absolute atomic E-state index is 12.9. The normalized spacial score (nSPS) is 10.6. The van der Waals surface area contributed by atoms with Crippen LogP contribution in [0.4, 0.5) is 10.5 Å². The number of hydrogen-bond donors (Lipinski definition) is 3. The highest BCUT2D eigenvalue weighted by atomic mass is 35.5. The van der Waals surface area contributed by atoms with Crippen molar-refractivity contribution in [2.45, 2.75) is 0 Å². The standard InChI is InChI=1S/C28H18Cl3NO8/c29-16-3-1-2-15(10-16)26(37)21-13-20(8-9-24(21)34)39-27-22(30)11-17(12-23(27)31)32(14-25(35)36)28(38)40-19-6-4-18(33)5-7-19/h1-13,33-34H,14H2,(H,35,36). The van der Waals surface area contributed by atoms with Crippen LogP contribution in [-0.4, -0.2) is 39.7 Å². The first-order chi connectivity index (χ1) is 19.0.